The molecule has 0 spiro atoms. The maximum atomic E-state index is 5.31. The van der Waals surface area contributed by atoms with Crippen molar-refractivity contribution in [2.75, 3.05) is 13.2 Å². The Kier molecular flexibility index (Phi) is 2.22. The highest BCUT2D eigenvalue weighted by molar-refractivity contribution is 5.55. The van der Waals surface area contributed by atoms with Crippen molar-refractivity contribution in [3.63, 3.8) is 0 Å². The lowest BCUT2D eigenvalue weighted by atomic mass is 10.2. The van der Waals surface area contributed by atoms with Crippen LogP contribution in [0.25, 0.3) is 11.7 Å². The molecule has 0 saturated carbocycles. The van der Waals surface area contributed by atoms with E-state index in [9.17, 15) is 0 Å². The molecule has 3 rings (SSSR count). The van der Waals surface area contributed by atoms with Gasteiger partial charge in [0.2, 0.25) is 0 Å². The number of hydrogen-bond donors (Lipinski definition) is 0. The lowest BCUT2D eigenvalue weighted by Gasteiger charge is -1.98. The minimum atomic E-state index is 0.746. The highest BCUT2D eigenvalue weighted by Gasteiger charge is 2.07. The Labute approximate surface area is 93.6 Å². The third-order valence-corrected chi connectivity index (χ3v) is 2.78. The van der Waals surface area contributed by atoms with Crippen LogP contribution >= 0.6 is 0 Å². The van der Waals surface area contributed by atoms with Crippen molar-refractivity contribution >= 4 is 11.7 Å². The van der Waals surface area contributed by atoms with Crippen molar-refractivity contribution in [1.82, 2.24) is 14.6 Å². The van der Waals surface area contributed by atoms with E-state index in [0.717, 1.165) is 36.4 Å². The molecule has 82 valence electrons. The Bertz CT molecular complexity index is 548. The van der Waals surface area contributed by atoms with E-state index in [0.29, 0.717) is 0 Å². The van der Waals surface area contributed by atoms with Crippen LogP contribution < -0.4 is 0 Å². The molecule has 0 amide bonds. The fourth-order valence-electron chi connectivity index (χ4n) is 1.91. The fourth-order valence-corrected chi connectivity index (χ4v) is 1.91. The Hall–Kier alpha value is -1.68. The zero-order valence-corrected chi connectivity index (χ0v) is 9.18. The van der Waals surface area contributed by atoms with Crippen molar-refractivity contribution < 1.29 is 4.74 Å². The molecular formula is C12H13N3O. The van der Waals surface area contributed by atoms with Crippen LogP contribution in [0.15, 0.2) is 24.2 Å². The molecular weight excluding hydrogens is 202 g/mol. The Morgan fingerprint density at radius 2 is 2.38 bits per heavy atom. The third-order valence-electron chi connectivity index (χ3n) is 2.78. The molecule has 0 unspecified atom stereocenters. The van der Waals surface area contributed by atoms with Gasteiger partial charge in [0.05, 0.1) is 19.4 Å². The van der Waals surface area contributed by atoms with E-state index in [4.69, 9.17) is 4.74 Å². The van der Waals surface area contributed by atoms with Gasteiger partial charge in [-0.1, -0.05) is 6.08 Å². The van der Waals surface area contributed by atoms with E-state index in [2.05, 4.69) is 16.2 Å². The predicted octanol–water partition coefficient (Wildman–Crippen LogP) is 1.84. The molecule has 0 N–H and O–H groups in total. The van der Waals surface area contributed by atoms with Gasteiger partial charge in [0, 0.05) is 23.5 Å². The summed E-state index contributed by atoms with van der Waals surface area (Å²) in [6.45, 7) is 3.59. The summed E-state index contributed by atoms with van der Waals surface area (Å²) in [5.74, 6) is 0. The second-order valence-electron chi connectivity index (χ2n) is 4.09. The number of rotatable bonds is 1. The van der Waals surface area contributed by atoms with E-state index in [1.165, 1.54) is 5.57 Å². The van der Waals surface area contributed by atoms with Crippen molar-refractivity contribution in [3.8, 4) is 0 Å². The van der Waals surface area contributed by atoms with Crippen LogP contribution in [0.5, 0.6) is 0 Å². The molecule has 4 nitrogen and oxygen atoms in total. The van der Waals surface area contributed by atoms with Gasteiger partial charge in [0.25, 0.3) is 0 Å². The number of ether oxygens (including phenoxy) is 1. The SMILES string of the molecule is Cc1cnn2cc(/C=C3\CCOC3)cnc12. The molecule has 16 heavy (non-hydrogen) atoms. The predicted molar refractivity (Wildman–Crippen MR) is 61.1 cm³/mol. The fraction of sp³-hybridized carbons (Fsp3) is 0.333. The summed E-state index contributed by atoms with van der Waals surface area (Å²) in [7, 11) is 0. The first-order chi connectivity index (χ1) is 7.83. The molecule has 4 heteroatoms. The first-order valence-corrected chi connectivity index (χ1v) is 5.40. The van der Waals surface area contributed by atoms with Crippen LogP contribution in [0, 0.1) is 6.92 Å². The minimum absolute atomic E-state index is 0.746. The zero-order chi connectivity index (χ0) is 11.0. The van der Waals surface area contributed by atoms with Crippen molar-refractivity contribution in [2.45, 2.75) is 13.3 Å². The van der Waals surface area contributed by atoms with Crippen LogP contribution in [-0.4, -0.2) is 27.8 Å². The second kappa shape index (κ2) is 3.72. The van der Waals surface area contributed by atoms with Gasteiger partial charge >= 0.3 is 0 Å². The lowest BCUT2D eigenvalue weighted by Crippen LogP contribution is -1.92. The van der Waals surface area contributed by atoms with Gasteiger partial charge < -0.3 is 4.74 Å². The molecule has 0 aromatic carbocycles. The standard InChI is InChI=1S/C12H13N3O/c1-9-5-14-15-7-11(6-13-12(9)15)4-10-2-3-16-8-10/h4-7H,2-3,8H2,1H3/b10-4+. The summed E-state index contributed by atoms with van der Waals surface area (Å²) in [5.41, 5.74) is 4.43. The summed E-state index contributed by atoms with van der Waals surface area (Å²) >= 11 is 0. The molecule has 0 bridgehead atoms. The van der Waals surface area contributed by atoms with E-state index in [1.807, 2.05) is 30.0 Å². The van der Waals surface area contributed by atoms with Crippen LogP contribution in [0.4, 0.5) is 0 Å². The number of aromatic nitrogens is 3. The summed E-state index contributed by atoms with van der Waals surface area (Å²) in [6.07, 6.45) is 8.88. The molecule has 0 radical (unpaired) electrons. The quantitative estimate of drug-likeness (QED) is 0.728. The molecule has 2 aromatic rings. The Balaban J connectivity index is 2.01. The van der Waals surface area contributed by atoms with E-state index in [1.54, 1.807) is 0 Å². The molecule has 1 aliphatic heterocycles. The van der Waals surface area contributed by atoms with E-state index >= 15 is 0 Å². The topological polar surface area (TPSA) is 39.4 Å². The highest BCUT2D eigenvalue weighted by atomic mass is 16.5. The molecule has 1 saturated heterocycles. The third kappa shape index (κ3) is 1.61. The average molecular weight is 215 g/mol. The van der Waals surface area contributed by atoms with Gasteiger partial charge in [-0.15, -0.1) is 0 Å². The monoisotopic (exact) mass is 215 g/mol. The van der Waals surface area contributed by atoms with Crippen LogP contribution in [-0.2, 0) is 4.74 Å². The number of aryl methyl sites for hydroxylation is 1. The summed E-state index contributed by atoms with van der Waals surface area (Å²) < 4.78 is 7.13. The van der Waals surface area contributed by atoms with Crippen molar-refractivity contribution in [3.05, 3.63) is 35.3 Å². The Morgan fingerprint density at radius 1 is 1.44 bits per heavy atom. The molecule has 0 aliphatic carbocycles. The molecule has 2 aromatic heterocycles. The first kappa shape index (κ1) is 9.54. The molecule has 3 heterocycles. The lowest BCUT2D eigenvalue weighted by molar-refractivity contribution is 0.205. The Morgan fingerprint density at radius 3 is 3.19 bits per heavy atom. The van der Waals surface area contributed by atoms with Gasteiger partial charge in [-0.25, -0.2) is 9.50 Å². The largest absolute Gasteiger partial charge is 0.377 e. The summed E-state index contributed by atoms with van der Waals surface area (Å²) in [4.78, 5) is 4.40. The van der Waals surface area contributed by atoms with Gasteiger partial charge in [-0.2, -0.15) is 5.10 Å². The highest BCUT2D eigenvalue weighted by Crippen LogP contribution is 2.16. The number of hydrogen-bond acceptors (Lipinski definition) is 3. The van der Waals surface area contributed by atoms with Gasteiger partial charge in [-0.05, 0) is 18.9 Å². The minimum Gasteiger partial charge on any atom is -0.377 e. The van der Waals surface area contributed by atoms with Crippen LogP contribution in [0.1, 0.15) is 17.5 Å². The summed E-state index contributed by atoms with van der Waals surface area (Å²) in [5, 5.41) is 4.25. The maximum absolute atomic E-state index is 5.31. The van der Waals surface area contributed by atoms with E-state index < -0.39 is 0 Å². The van der Waals surface area contributed by atoms with Crippen molar-refractivity contribution in [2.24, 2.45) is 0 Å². The second-order valence-corrected chi connectivity index (χ2v) is 4.09. The van der Waals surface area contributed by atoms with Gasteiger partial charge in [0.15, 0.2) is 5.65 Å². The normalized spacial score (nSPS) is 18.7. The first-order valence-electron chi connectivity index (χ1n) is 5.40. The van der Waals surface area contributed by atoms with E-state index in [-0.39, 0.29) is 0 Å². The van der Waals surface area contributed by atoms with Crippen LogP contribution in [0.2, 0.25) is 0 Å². The molecule has 1 aliphatic rings. The van der Waals surface area contributed by atoms with Gasteiger partial charge in [0.1, 0.15) is 0 Å². The number of nitrogens with zero attached hydrogens (tertiary/aromatic N) is 3. The molecule has 1 fully saturated rings. The maximum Gasteiger partial charge on any atom is 0.157 e. The summed E-state index contributed by atoms with van der Waals surface area (Å²) in [6, 6.07) is 0. The molecule has 0 atom stereocenters. The van der Waals surface area contributed by atoms with Crippen molar-refractivity contribution in [1.29, 1.82) is 0 Å². The zero-order valence-electron chi connectivity index (χ0n) is 9.18. The smallest absolute Gasteiger partial charge is 0.157 e. The van der Waals surface area contributed by atoms with Gasteiger partial charge in [-0.3, -0.25) is 0 Å². The average Bonchev–Trinajstić information content (AvgIpc) is 2.90. The number of fused-ring (bicyclic) bond motifs is 1. The van der Waals surface area contributed by atoms with Crippen LogP contribution in [0.3, 0.4) is 0 Å².